The maximum absolute atomic E-state index is 12.6. The topological polar surface area (TPSA) is 72.2 Å². The lowest BCUT2D eigenvalue weighted by molar-refractivity contribution is -0.171. The highest BCUT2D eigenvalue weighted by atomic mass is 16.6. The number of hydrogen-bond acceptors (Lipinski definition) is 5. The van der Waals surface area contributed by atoms with Crippen LogP contribution in [0, 0.1) is 18.3 Å². The molecular weight excluding hydrogens is 320 g/mol. The van der Waals surface area contributed by atoms with Gasteiger partial charge in [-0.1, -0.05) is 19.9 Å². The van der Waals surface area contributed by atoms with E-state index in [2.05, 4.69) is 6.92 Å². The van der Waals surface area contributed by atoms with E-state index in [1.54, 1.807) is 19.3 Å². The molecule has 1 aromatic heterocycles. The summed E-state index contributed by atoms with van der Waals surface area (Å²) in [5.41, 5.74) is 1.58. The first kappa shape index (κ1) is 16.9. The third-order valence-electron chi connectivity index (χ3n) is 7.02. The molecule has 0 bridgehead atoms. The van der Waals surface area contributed by atoms with Crippen molar-refractivity contribution in [1.82, 2.24) is 0 Å². The van der Waals surface area contributed by atoms with Crippen molar-refractivity contribution < 1.29 is 23.8 Å². The highest BCUT2D eigenvalue weighted by Crippen LogP contribution is 2.69. The van der Waals surface area contributed by atoms with Crippen molar-refractivity contribution in [1.29, 1.82) is 0 Å². The van der Waals surface area contributed by atoms with Crippen molar-refractivity contribution in [3.05, 3.63) is 34.8 Å². The average molecular weight is 346 g/mol. The predicted octanol–water partition coefficient (Wildman–Crippen LogP) is 3.24. The maximum Gasteiger partial charge on any atom is 0.334 e. The first-order valence-corrected chi connectivity index (χ1v) is 9.03. The van der Waals surface area contributed by atoms with E-state index in [0.29, 0.717) is 18.4 Å². The minimum absolute atomic E-state index is 0.00808. The number of carbonyl (C=O) groups is 1. The Kier molecular flexibility index (Phi) is 3.51. The molecule has 5 nitrogen and oxygen atoms in total. The van der Waals surface area contributed by atoms with Crippen LogP contribution in [0.3, 0.4) is 0 Å². The molecule has 1 N–H and O–H groups in total. The van der Waals surface area contributed by atoms with Crippen molar-refractivity contribution in [2.24, 2.45) is 11.3 Å². The highest BCUT2D eigenvalue weighted by molar-refractivity contribution is 5.88. The van der Waals surface area contributed by atoms with E-state index >= 15 is 0 Å². The van der Waals surface area contributed by atoms with E-state index in [1.807, 2.05) is 20.8 Å². The summed E-state index contributed by atoms with van der Waals surface area (Å²) in [4.78, 5) is 12.6. The first-order chi connectivity index (χ1) is 11.8. The Hall–Kier alpha value is -1.59. The SMILES string of the molecule is C/C=C(/C)C(=O)O[C@@H]1c2c(C)coc2C[C@@]23O[C@@H]2C[C@H](O)[C@H](C)[C@@]13C. The number of aliphatic hydroxyl groups excluding tert-OH is 1. The molecule has 0 aromatic carbocycles. The number of carbonyl (C=O) groups excluding carboxylic acids is 1. The molecule has 1 spiro atoms. The number of allylic oxidation sites excluding steroid dienone is 1. The highest BCUT2D eigenvalue weighted by Gasteiger charge is 2.77. The van der Waals surface area contributed by atoms with Gasteiger partial charge in [-0.2, -0.15) is 0 Å². The summed E-state index contributed by atoms with van der Waals surface area (Å²) in [6.45, 7) is 9.68. The molecule has 5 heteroatoms. The van der Waals surface area contributed by atoms with Crippen LogP contribution in [0.15, 0.2) is 22.3 Å². The van der Waals surface area contributed by atoms with Crippen LogP contribution in [-0.2, 0) is 20.7 Å². The number of aryl methyl sites for hydroxylation is 1. The fraction of sp³-hybridized carbons (Fsp3) is 0.650. The number of fused-ring (bicyclic) bond motifs is 1. The Balaban J connectivity index is 1.85. The first-order valence-electron chi connectivity index (χ1n) is 9.03. The van der Waals surface area contributed by atoms with Crippen molar-refractivity contribution in [3.8, 4) is 0 Å². The second kappa shape index (κ2) is 5.21. The number of aliphatic hydroxyl groups is 1. The Morgan fingerprint density at radius 2 is 2.20 bits per heavy atom. The van der Waals surface area contributed by atoms with Gasteiger partial charge in [0.25, 0.3) is 0 Å². The third-order valence-corrected chi connectivity index (χ3v) is 7.02. The molecule has 2 fully saturated rings. The van der Waals surface area contributed by atoms with Gasteiger partial charge in [0.05, 0.1) is 18.5 Å². The number of hydrogen-bond donors (Lipinski definition) is 1. The predicted molar refractivity (Wildman–Crippen MR) is 90.9 cm³/mol. The van der Waals surface area contributed by atoms with Crippen LogP contribution in [0.4, 0.5) is 0 Å². The summed E-state index contributed by atoms with van der Waals surface area (Å²) in [5.74, 6) is 0.455. The molecule has 0 amide bonds. The van der Waals surface area contributed by atoms with E-state index in [9.17, 15) is 9.90 Å². The summed E-state index contributed by atoms with van der Waals surface area (Å²) < 4.78 is 18.0. The van der Waals surface area contributed by atoms with E-state index < -0.39 is 23.2 Å². The van der Waals surface area contributed by atoms with Crippen LogP contribution in [-0.4, -0.2) is 28.9 Å². The van der Waals surface area contributed by atoms with Crippen molar-refractivity contribution in [2.75, 3.05) is 0 Å². The second-order valence-electron chi connectivity index (χ2n) is 8.06. The van der Waals surface area contributed by atoms with Gasteiger partial charge in [0, 0.05) is 29.4 Å². The van der Waals surface area contributed by atoms with Crippen LogP contribution in [0.5, 0.6) is 0 Å². The Bertz CT molecular complexity index is 762. The zero-order valence-corrected chi connectivity index (χ0v) is 15.5. The fourth-order valence-electron chi connectivity index (χ4n) is 4.98. The lowest BCUT2D eigenvalue weighted by Gasteiger charge is -2.52. The van der Waals surface area contributed by atoms with Gasteiger partial charge in [-0.05, 0) is 32.3 Å². The van der Waals surface area contributed by atoms with Gasteiger partial charge in [0.1, 0.15) is 17.5 Å². The molecule has 0 radical (unpaired) electrons. The van der Waals surface area contributed by atoms with Gasteiger partial charge in [-0.3, -0.25) is 0 Å². The molecule has 2 aliphatic carbocycles. The van der Waals surface area contributed by atoms with Gasteiger partial charge in [-0.25, -0.2) is 4.79 Å². The van der Waals surface area contributed by atoms with Crippen LogP contribution in [0.2, 0.25) is 0 Å². The van der Waals surface area contributed by atoms with Crippen LogP contribution >= 0.6 is 0 Å². The Morgan fingerprint density at radius 1 is 1.48 bits per heavy atom. The van der Waals surface area contributed by atoms with Gasteiger partial charge in [0.2, 0.25) is 0 Å². The second-order valence-corrected chi connectivity index (χ2v) is 8.06. The average Bonchev–Trinajstić information content (AvgIpc) is 3.16. The molecular formula is C20H26O5. The van der Waals surface area contributed by atoms with Crippen LogP contribution in [0.1, 0.15) is 57.1 Å². The van der Waals surface area contributed by atoms with Crippen LogP contribution < -0.4 is 0 Å². The monoisotopic (exact) mass is 346 g/mol. The van der Waals surface area contributed by atoms with E-state index in [0.717, 1.165) is 16.9 Å². The lowest BCUT2D eigenvalue weighted by Crippen LogP contribution is -2.58. The number of rotatable bonds is 2. The van der Waals surface area contributed by atoms with Crippen molar-refractivity contribution in [3.63, 3.8) is 0 Å². The molecule has 1 aliphatic heterocycles. The van der Waals surface area contributed by atoms with E-state index in [-0.39, 0.29) is 18.0 Å². The minimum Gasteiger partial charge on any atom is -0.469 e. The van der Waals surface area contributed by atoms with Gasteiger partial charge in [-0.15, -0.1) is 0 Å². The van der Waals surface area contributed by atoms with Gasteiger partial charge < -0.3 is 19.0 Å². The molecule has 2 heterocycles. The summed E-state index contributed by atoms with van der Waals surface area (Å²) in [5, 5.41) is 10.6. The van der Waals surface area contributed by atoms with Gasteiger partial charge in [0.15, 0.2) is 0 Å². The summed E-state index contributed by atoms with van der Waals surface area (Å²) >= 11 is 0. The van der Waals surface area contributed by atoms with Crippen LogP contribution in [0.25, 0.3) is 0 Å². The smallest absolute Gasteiger partial charge is 0.334 e. The molecule has 0 unspecified atom stereocenters. The third kappa shape index (κ3) is 1.99. The van der Waals surface area contributed by atoms with Crippen molar-refractivity contribution in [2.45, 2.75) is 71.4 Å². The quantitative estimate of drug-likeness (QED) is 0.506. The van der Waals surface area contributed by atoms with E-state index in [4.69, 9.17) is 13.9 Å². The normalized spacial score (nSPS) is 42.2. The molecule has 3 aliphatic rings. The van der Waals surface area contributed by atoms with Crippen molar-refractivity contribution >= 4 is 5.97 Å². The van der Waals surface area contributed by atoms with E-state index in [1.165, 1.54) is 0 Å². The lowest BCUT2D eigenvalue weighted by atomic mass is 9.53. The van der Waals surface area contributed by atoms with Gasteiger partial charge >= 0.3 is 5.97 Å². The largest absolute Gasteiger partial charge is 0.469 e. The zero-order chi connectivity index (χ0) is 18.1. The fourth-order valence-corrected chi connectivity index (χ4v) is 4.98. The number of epoxide rings is 1. The molecule has 1 saturated carbocycles. The number of ether oxygens (including phenoxy) is 2. The molecule has 1 saturated heterocycles. The standard InChI is InChI=1S/C20H26O5/c1-6-10(2)18(22)24-17-16-11(3)9-23-14(16)8-20-15(25-20)7-13(21)12(4)19(17,20)5/h6,9,12-13,15,17,21H,7-8H2,1-5H3/b10-6-/t12-,13-,15+,17+,19-,20+/m0/s1. The molecule has 25 heavy (non-hydrogen) atoms. The Labute approximate surface area is 148 Å². The number of furan rings is 1. The summed E-state index contributed by atoms with van der Waals surface area (Å²) in [6, 6.07) is 0. The molecule has 4 rings (SSSR count). The molecule has 6 atom stereocenters. The Morgan fingerprint density at radius 3 is 2.88 bits per heavy atom. The number of esters is 1. The maximum atomic E-state index is 12.6. The molecule has 136 valence electrons. The zero-order valence-electron chi connectivity index (χ0n) is 15.5. The minimum atomic E-state index is -0.499. The summed E-state index contributed by atoms with van der Waals surface area (Å²) in [6.07, 6.45) is 3.80. The summed E-state index contributed by atoms with van der Waals surface area (Å²) in [7, 11) is 0. The molecule has 1 aromatic rings.